The molecule has 0 radical (unpaired) electrons. The lowest BCUT2D eigenvalue weighted by atomic mass is 9.88. The van der Waals surface area contributed by atoms with E-state index in [-0.39, 0.29) is 43.8 Å². The number of piperidine rings is 2. The van der Waals surface area contributed by atoms with Gasteiger partial charge in [-0.05, 0) is 63.3 Å². The van der Waals surface area contributed by atoms with E-state index < -0.39 is 11.5 Å². The van der Waals surface area contributed by atoms with Crippen molar-refractivity contribution in [3.05, 3.63) is 29.3 Å². The summed E-state index contributed by atoms with van der Waals surface area (Å²) in [7, 11) is 0. The van der Waals surface area contributed by atoms with Gasteiger partial charge in [-0.15, -0.1) is 0 Å². The highest BCUT2D eigenvalue weighted by Gasteiger charge is 2.36. The summed E-state index contributed by atoms with van der Waals surface area (Å²) < 4.78 is 32.2. The number of amides is 2. The van der Waals surface area contributed by atoms with Crippen LogP contribution in [-0.2, 0) is 4.74 Å². The maximum atomic E-state index is 13.4. The predicted octanol–water partition coefficient (Wildman–Crippen LogP) is 4.25. The van der Waals surface area contributed by atoms with Crippen molar-refractivity contribution in [1.29, 1.82) is 0 Å². The number of nitrogen functional groups attached to an aromatic ring is 1. The van der Waals surface area contributed by atoms with Gasteiger partial charge in [0.1, 0.15) is 5.60 Å². The van der Waals surface area contributed by atoms with Crippen molar-refractivity contribution < 1.29 is 23.1 Å². The summed E-state index contributed by atoms with van der Waals surface area (Å²) >= 11 is 0. The van der Waals surface area contributed by atoms with Crippen molar-refractivity contribution in [2.75, 3.05) is 31.9 Å². The van der Waals surface area contributed by atoms with E-state index >= 15 is 0 Å². The van der Waals surface area contributed by atoms with Crippen LogP contribution in [-0.4, -0.2) is 59.5 Å². The average molecular weight is 424 g/mol. The number of anilines is 1. The lowest BCUT2D eigenvalue weighted by Gasteiger charge is -2.34. The number of carbonyl (C=O) groups excluding carboxylic acids is 2. The van der Waals surface area contributed by atoms with Crippen LogP contribution >= 0.6 is 0 Å². The molecule has 1 aromatic rings. The molecule has 2 heterocycles. The van der Waals surface area contributed by atoms with Gasteiger partial charge in [0.25, 0.3) is 11.8 Å². The number of rotatable bonds is 2. The molecule has 0 atom stereocenters. The fourth-order valence-corrected chi connectivity index (χ4v) is 3.98. The molecule has 6 nitrogen and oxygen atoms in total. The molecule has 2 amide bonds. The molecule has 2 saturated heterocycles. The van der Waals surface area contributed by atoms with E-state index in [4.69, 9.17) is 10.5 Å². The van der Waals surface area contributed by atoms with Gasteiger partial charge in [-0.2, -0.15) is 0 Å². The fraction of sp³-hybridized carbons (Fsp3) is 0.636. The van der Waals surface area contributed by atoms with Crippen molar-refractivity contribution >= 4 is 17.7 Å². The number of hydrogen-bond donors (Lipinski definition) is 1. The van der Waals surface area contributed by atoms with Crippen LogP contribution in [0.3, 0.4) is 0 Å². The second-order valence-corrected chi connectivity index (χ2v) is 9.28. The van der Waals surface area contributed by atoms with E-state index in [1.54, 1.807) is 11.0 Å². The monoisotopic (exact) mass is 423 g/mol. The van der Waals surface area contributed by atoms with E-state index in [0.29, 0.717) is 24.3 Å². The molecule has 2 aliphatic rings. The number of benzene rings is 1. The highest BCUT2D eigenvalue weighted by molar-refractivity contribution is 5.95. The van der Waals surface area contributed by atoms with Crippen LogP contribution in [0.15, 0.2) is 18.2 Å². The second-order valence-electron chi connectivity index (χ2n) is 9.28. The van der Waals surface area contributed by atoms with Gasteiger partial charge >= 0.3 is 6.09 Å². The minimum Gasteiger partial charge on any atom is -0.444 e. The largest absolute Gasteiger partial charge is 0.444 e. The minimum absolute atomic E-state index is 0.0459. The first-order valence-corrected chi connectivity index (χ1v) is 10.5. The number of likely N-dealkylation sites (tertiary alicyclic amines) is 2. The summed E-state index contributed by atoms with van der Waals surface area (Å²) in [5, 5.41) is 0. The highest BCUT2D eigenvalue weighted by atomic mass is 19.3. The summed E-state index contributed by atoms with van der Waals surface area (Å²) in [6.45, 7) is 6.75. The molecular formula is C22H31F2N3O3. The molecule has 3 rings (SSSR count). The van der Waals surface area contributed by atoms with Gasteiger partial charge in [0.05, 0.1) is 0 Å². The van der Waals surface area contributed by atoms with E-state index in [2.05, 4.69) is 0 Å². The number of nitrogens with two attached hydrogens (primary N) is 1. The number of alkyl halides is 2. The Morgan fingerprint density at radius 3 is 2.20 bits per heavy atom. The minimum atomic E-state index is -2.69. The average Bonchev–Trinajstić information content (AvgIpc) is 2.66. The van der Waals surface area contributed by atoms with Crippen molar-refractivity contribution in [3.8, 4) is 0 Å². The second kappa shape index (κ2) is 8.40. The standard InChI is InChI=1S/C22H31F2N3O3/c1-21(2,3)30-20(29)27-8-4-15(5-9-27)16-12-17(14-18(25)13-16)19(28)26-10-6-22(23,24)7-11-26/h12-15H,4-11,25H2,1-3H3. The number of carbonyl (C=O) groups is 2. The normalized spacial score (nSPS) is 20.2. The topological polar surface area (TPSA) is 75.9 Å². The molecule has 2 aliphatic heterocycles. The smallest absolute Gasteiger partial charge is 0.410 e. The van der Waals surface area contributed by atoms with E-state index in [1.165, 1.54) is 4.90 Å². The van der Waals surface area contributed by atoms with Crippen LogP contribution < -0.4 is 5.73 Å². The molecule has 0 spiro atoms. The molecule has 2 N–H and O–H groups in total. The molecule has 0 saturated carbocycles. The molecule has 0 aliphatic carbocycles. The van der Waals surface area contributed by atoms with Crippen molar-refractivity contribution in [2.45, 2.75) is 63.9 Å². The molecule has 8 heteroatoms. The summed E-state index contributed by atoms with van der Waals surface area (Å²) in [4.78, 5) is 28.3. The lowest BCUT2D eigenvalue weighted by Crippen LogP contribution is -2.42. The van der Waals surface area contributed by atoms with Gasteiger partial charge in [-0.25, -0.2) is 13.6 Å². The Morgan fingerprint density at radius 2 is 1.63 bits per heavy atom. The predicted molar refractivity (Wildman–Crippen MR) is 111 cm³/mol. The summed E-state index contributed by atoms with van der Waals surface area (Å²) in [6.07, 6.45) is 0.554. The molecule has 0 bridgehead atoms. The number of hydrogen-bond acceptors (Lipinski definition) is 4. The third kappa shape index (κ3) is 5.61. The Labute approximate surface area is 176 Å². The Balaban J connectivity index is 1.65. The Hall–Kier alpha value is -2.38. The highest BCUT2D eigenvalue weighted by Crippen LogP contribution is 2.32. The molecule has 2 fully saturated rings. The van der Waals surface area contributed by atoms with Crippen LogP contribution in [0, 0.1) is 0 Å². The van der Waals surface area contributed by atoms with E-state index in [1.807, 2.05) is 32.9 Å². The number of halogens is 2. The van der Waals surface area contributed by atoms with Crippen LogP contribution in [0.5, 0.6) is 0 Å². The third-order valence-electron chi connectivity index (χ3n) is 5.62. The summed E-state index contributed by atoms with van der Waals surface area (Å²) in [5.41, 5.74) is 7.38. The SMILES string of the molecule is CC(C)(C)OC(=O)N1CCC(c2cc(N)cc(C(=O)N3CCC(F)(F)CC3)c2)CC1. The zero-order chi connectivity index (χ0) is 22.1. The first kappa shape index (κ1) is 22.3. The Kier molecular flexibility index (Phi) is 6.24. The molecule has 30 heavy (non-hydrogen) atoms. The van der Waals surface area contributed by atoms with Crippen LogP contribution in [0.25, 0.3) is 0 Å². The molecular weight excluding hydrogens is 392 g/mol. The van der Waals surface area contributed by atoms with Gasteiger partial charge in [0.2, 0.25) is 0 Å². The zero-order valence-corrected chi connectivity index (χ0v) is 17.9. The van der Waals surface area contributed by atoms with Crippen molar-refractivity contribution in [2.24, 2.45) is 0 Å². The van der Waals surface area contributed by atoms with Gasteiger partial charge in [-0.1, -0.05) is 0 Å². The molecule has 1 aromatic carbocycles. The van der Waals surface area contributed by atoms with Gasteiger partial charge in [0.15, 0.2) is 0 Å². The Bertz CT molecular complexity index is 789. The van der Waals surface area contributed by atoms with Crippen molar-refractivity contribution in [3.63, 3.8) is 0 Å². The van der Waals surface area contributed by atoms with Gasteiger partial charge in [-0.3, -0.25) is 4.79 Å². The van der Waals surface area contributed by atoms with Crippen LogP contribution in [0.2, 0.25) is 0 Å². The van der Waals surface area contributed by atoms with E-state index in [0.717, 1.165) is 18.4 Å². The first-order valence-electron chi connectivity index (χ1n) is 10.5. The van der Waals surface area contributed by atoms with Gasteiger partial charge in [0, 0.05) is 50.3 Å². The first-order chi connectivity index (χ1) is 13.9. The number of ether oxygens (including phenoxy) is 1. The molecule has 0 aromatic heterocycles. The van der Waals surface area contributed by atoms with Crippen molar-refractivity contribution in [1.82, 2.24) is 9.80 Å². The number of nitrogens with zero attached hydrogens (tertiary/aromatic N) is 2. The Morgan fingerprint density at radius 1 is 1.03 bits per heavy atom. The fourth-order valence-electron chi connectivity index (χ4n) is 3.98. The van der Waals surface area contributed by atoms with E-state index in [9.17, 15) is 18.4 Å². The molecule has 166 valence electrons. The zero-order valence-electron chi connectivity index (χ0n) is 17.9. The molecule has 0 unspecified atom stereocenters. The summed E-state index contributed by atoms with van der Waals surface area (Å²) in [6, 6.07) is 5.28. The quantitative estimate of drug-likeness (QED) is 0.722. The maximum Gasteiger partial charge on any atom is 0.410 e. The maximum absolute atomic E-state index is 13.4. The summed E-state index contributed by atoms with van der Waals surface area (Å²) in [5.74, 6) is -2.78. The van der Waals surface area contributed by atoms with Crippen LogP contribution in [0.4, 0.5) is 19.3 Å². The van der Waals surface area contributed by atoms with Crippen LogP contribution in [0.1, 0.15) is 68.3 Å². The lowest BCUT2D eigenvalue weighted by molar-refractivity contribution is -0.0494. The third-order valence-corrected chi connectivity index (χ3v) is 5.62. The van der Waals surface area contributed by atoms with Gasteiger partial charge < -0.3 is 20.3 Å².